The van der Waals surface area contributed by atoms with Gasteiger partial charge in [-0.15, -0.1) is 0 Å². The Labute approximate surface area is 207 Å². The first kappa shape index (κ1) is 23.5. The van der Waals surface area contributed by atoms with Gasteiger partial charge in [-0.3, -0.25) is 9.59 Å². The molecule has 3 aliphatic rings. The molecule has 1 saturated carbocycles. The highest BCUT2D eigenvalue weighted by Gasteiger charge is 2.35. The van der Waals surface area contributed by atoms with Crippen LogP contribution in [-0.4, -0.2) is 60.6 Å². The molecule has 0 atom stereocenters. The van der Waals surface area contributed by atoms with Crippen molar-refractivity contribution in [2.24, 2.45) is 5.10 Å². The third-order valence-electron chi connectivity index (χ3n) is 7.54. The number of amides is 2. The van der Waals surface area contributed by atoms with E-state index in [1.807, 2.05) is 59.5 Å². The van der Waals surface area contributed by atoms with E-state index >= 15 is 0 Å². The van der Waals surface area contributed by atoms with Gasteiger partial charge < -0.3 is 9.80 Å². The number of benzene rings is 2. The topological polar surface area (TPSA) is 56.2 Å². The molecule has 35 heavy (non-hydrogen) atoms. The molecule has 2 aromatic carbocycles. The zero-order chi connectivity index (χ0) is 24.4. The molecule has 0 N–H and O–H groups in total. The van der Waals surface area contributed by atoms with Crippen molar-refractivity contribution in [3.8, 4) is 0 Å². The molecule has 6 heteroatoms. The van der Waals surface area contributed by atoms with Crippen molar-refractivity contribution in [1.29, 1.82) is 0 Å². The molecule has 2 heterocycles. The van der Waals surface area contributed by atoms with Crippen LogP contribution in [0.4, 0.5) is 5.69 Å². The summed E-state index contributed by atoms with van der Waals surface area (Å²) in [5, 5.41) is 6.31. The summed E-state index contributed by atoms with van der Waals surface area (Å²) in [7, 11) is 4.20. The van der Waals surface area contributed by atoms with Crippen molar-refractivity contribution in [2.45, 2.75) is 51.0 Å². The SMILES string of the molecule is CN(C)C1CCN(C(=O)c2ccc(N3N=C(c4ccccc4)C(=C4CCCCC4)C3=O)cc2)CC1. The Bertz CT molecular complexity index is 1130. The van der Waals surface area contributed by atoms with E-state index in [1.54, 1.807) is 0 Å². The summed E-state index contributed by atoms with van der Waals surface area (Å²) in [5.41, 5.74) is 5.05. The van der Waals surface area contributed by atoms with Gasteiger partial charge in [0.05, 0.1) is 11.3 Å². The molecule has 0 unspecified atom stereocenters. The zero-order valence-electron chi connectivity index (χ0n) is 20.7. The van der Waals surface area contributed by atoms with Gasteiger partial charge in [0.1, 0.15) is 5.71 Å². The van der Waals surface area contributed by atoms with Crippen LogP contribution in [0, 0.1) is 0 Å². The van der Waals surface area contributed by atoms with E-state index in [4.69, 9.17) is 5.10 Å². The van der Waals surface area contributed by atoms with Gasteiger partial charge >= 0.3 is 0 Å². The first-order chi connectivity index (χ1) is 17.0. The Kier molecular flexibility index (Phi) is 6.82. The quantitative estimate of drug-likeness (QED) is 0.600. The Morgan fingerprint density at radius 2 is 1.57 bits per heavy atom. The number of hydrogen-bond donors (Lipinski definition) is 0. The predicted octanol–water partition coefficient (Wildman–Crippen LogP) is 4.86. The van der Waals surface area contributed by atoms with Crippen molar-refractivity contribution in [3.05, 3.63) is 76.9 Å². The third kappa shape index (κ3) is 4.80. The molecule has 182 valence electrons. The molecule has 5 rings (SSSR count). The van der Waals surface area contributed by atoms with E-state index in [1.165, 1.54) is 17.0 Å². The molecule has 0 radical (unpaired) electrons. The first-order valence-electron chi connectivity index (χ1n) is 12.8. The van der Waals surface area contributed by atoms with Gasteiger partial charge in [-0.2, -0.15) is 10.1 Å². The van der Waals surface area contributed by atoms with Crippen LogP contribution in [0.2, 0.25) is 0 Å². The molecule has 1 aliphatic carbocycles. The van der Waals surface area contributed by atoms with E-state index in [2.05, 4.69) is 19.0 Å². The summed E-state index contributed by atoms with van der Waals surface area (Å²) in [6.45, 7) is 1.55. The smallest absolute Gasteiger partial charge is 0.280 e. The van der Waals surface area contributed by atoms with Gasteiger partial charge in [0.25, 0.3) is 11.8 Å². The van der Waals surface area contributed by atoms with Gasteiger partial charge in [-0.1, -0.05) is 42.3 Å². The van der Waals surface area contributed by atoms with E-state index < -0.39 is 0 Å². The van der Waals surface area contributed by atoms with Gasteiger partial charge in [0, 0.05) is 30.3 Å². The van der Waals surface area contributed by atoms with E-state index in [9.17, 15) is 9.59 Å². The highest BCUT2D eigenvalue weighted by atomic mass is 16.2. The molecular formula is C29H34N4O2. The molecule has 1 saturated heterocycles. The van der Waals surface area contributed by atoms with Crippen LogP contribution in [0.3, 0.4) is 0 Å². The van der Waals surface area contributed by atoms with Gasteiger partial charge in [0.15, 0.2) is 0 Å². The zero-order valence-corrected chi connectivity index (χ0v) is 20.7. The maximum absolute atomic E-state index is 13.6. The number of piperidine rings is 1. The minimum atomic E-state index is -0.0643. The Balaban J connectivity index is 1.38. The molecule has 2 amide bonds. The highest BCUT2D eigenvalue weighted by Crippen LogP contribution is 2.34. The summed E-state index contributed by atoms with van der Waals surface area (Å²) in [4.78, 5) is 30.9. The molecule has 0 bridgehead atoms. The Hall–Kier alpha value is -3.25. The number of carbonyl (C=O) groups excluding carboxylic acids is 2. The van der Waals surface area contributed by atoms with Gasteiger partial charge in [0.2, 0.25) is 0 Å². The van der Waals surface area contributed by atoms with E-state index in [0.29, 0.717) is 17.3 Å². The van der Waals surface area contributed by atoms with Crippen molar-refractivity contribution in [1.82, 2.24) is 9.80 Å². The van der Waals surface area contributed by atoms with Crippen LogP contribution in [0.25, 0.3) is 0 Å². The third-order valence-corrected chi connectivity index (χ3v) is 7.54. The second-order valence-electron chi connectivity index (χ2n) is 10.0. The fraction of sp³-hybridized carbons (Fsp3) is 0.414. The number of rotatable bonds is 4. The molecule has 2 aliphatic heterocycles. The fourth-order valence-electron chi connectivity index (χ4n) is 5.44. The van der Waals surface area contributed by atoms with Gasteiger partial charge in [-0.25, -0.2) is 0 Å². The molecule has 2 aromatic rings. The standard InChI is InChI=1S/C29H34N4O2/c1-31(2)24-17-19-32(20-18-24)28(34)23-13-15-25(16-14-23)33-29(35)26(21-9-5-3-6-10-21)27(30-33)22-11-7-4-8-12-22/h4,7-8,11-16,24H,3,5-6,9-10,17-20H2,1-2H3. The lowest BCUT2D eigenvalue weighted by Crippen LogP contribution is -2.44. The summed E-state index contributed by atoms with van der Waals surface area (Å²) >= 11 is 0. The monoisotopic (exact) mass is 470 g/mol. The summed E-state index contributed by atoms with van der Waals surface area (Å²) in [6, 6.07) is 17.8. The number of hydrogen-bond acceptors (Lipinski definition) is 4. The normalized spacial score (nSPS) is 19.5. The molecule has 6 nitrogen and oxygen atoms in total. The highest BCUT2D eigenvalue weighted by molar-refractivity contribution is 6.35. The van der Waals surface area contributed by atoms with Crippen molar-refractivity contribution >= 4 is 23.2 Å². The number of hydrazone groups is 1. The second-order valence-corrected chi connectivity index (χ2v) is 10.0. The lowest BCUT2D eigenvalue weighted by atomic mass is 9.87. The lowest BCUT2D eigenvalue weighted by Gasteiger charge is -2.35. The number of carbonyl (C=O) groups is 2. The maximum atomic E-state index is 13.6. The summed E-state index contributed by atoms with van der Waals surface area (Å²) < 4.78 is 0. The van der Waals surface area contributed by atoms with Crippen LogP contribution >= 0.6 is 0 Å². The predicted molar refractivity (Wildman–Crippen MR) is 140 cm³/mol. The molecule has 0 spiro atoms. The lowest BCUT2D eigenvalue weighted by molar-refractivity contribution is -0.114. The Morgan fingerprint density at radius 1 is 0.914 bits per heavy atom. The largest absolute Gasteiger partial charge is 0.339 e. The van der Waals surface area contributed by atoms with Gasteiger partial charge in [-0.05, 0) is 76.9 Å². The van der Waals surface area contributed by atoms with E-state index in [0.717, 1.165) is 68.5 Å². The number of nitrogens with zero attached hydrogens (tertiary/aromatic N) is 4. The van der Waals surface area contributed by atoms with Crippen LogP contribution in [0.1, 0.15) is 60.9 Å². The first-order valence-corrected chi connectivity index (χ1v) is 12.8. The fourth-order valence-corrected chi connectivity index (χ4v) is 5.44. The second kappa shape index (κ2) is 10.2. The molecular weight excluding hydrogens is 436 g/mol. The number of allylic oxidation sites excluding steroid dienone is 1. The van der Waals surface area contributed by atoms with Crippen LogP contribution in [0.15, 0.2) is 70.8 Å². The minimum Gasteiger partial charge on any atom is -0.339 e. The number of likely N-dealkylation sites (tertiary alicyclic amines) is 1. The van der Waals surface area contributed by atoms with Crippen molar-refractivity contribution in [2.75, 3.05) is 32.2 Å². The van der Waals surface area contributed by atoms with Crippen molar-refractivity contribution < 1.29 is 9.59 Å². The van der Waals surface area contributed by atoms with Crippen LogP contribution < -0.4 is 5.01 Å². The van der Waals surface area contributed by atoms with Crippen molar-refractivity contribution in [3.63, 3.8) is 0 Å². The molecule has 2 fully saturated rings. The van der Waals surface area contributed by atoms with Crippen LogP contribution in [0.5, 0.6) is 0 Å². The molecule has 0 aromatic heterocycles. The summed E-state index contributed by atoms with van der Waals surface area (Å²) in [6.07, 6.45) is 7.36. The Morgan fingerprint density at radius 3 is 2.20 bits per heavy atom. The van der Waals surface area contributed by atoms with E-state index in [-0.39, 0.29) is 11.8 Å². The summed E-state index contributed by atoms with van der Waals surface area (Å²) in [5.74, 6) is -0.00872. The maximum Gasteiger partial charge on any atom is 0.280 e. The minimum absolute atomic E-state index is 0.0555. The average Bonchev–Trinajstić information content (AvgIpc) is 3.26. The van der Waals surface area contributed by atoms with Crippen LogP contribution in [-0.2, 0) is 4.79 Å². The number of anilines is 1. The average molecular weight is 471 g/mol.